The summed E-state index contributed by atoms with van der Waals surface area (Å²) in [5, 5.41) is 6.03. The predicted molar refractivity (Wildman–Crippen MR) is 73.8 cm³/mol. The van der Waals surface area contributed by atoms with Crippen molar-refractivity contribution in [3.8, 4) is 11.5 Å². The molecule has 0 aliphatic carbocycles. The lowest BCUT2D eigenvalue weighted by Gasteiger charge is -2.18. The van der Waals surface area contributed by atoms with Gasteiger partial charge in [-0.1, -0.05) is 0 Å². The Morgan fingerprint density at radius 3 is 2.79 bits per heavy atom. The average molecular weight is 264 g/mol. The Hall–Kier alpha value is -1.91. The molecule has 1 aromatic carbocycles. The summed E-state index contributed by atoms with van der Waals surface area (Å²) in [6.07, 6.45) is 0.850. The largest absolute Gasteiger partial charge is 0.497 e. The van der Waals surface area contributed by atoms with Gasteiger partial charge < -0.3 is 20.1 Å². The van der Waals surface area contributed by atoms with Crippen LogP contribution in [0.25, 0.3) is 0 Å². The Bertz CT molecular complexity index is 460. The number of carbonyl (C=O) groups is 1. The molecule has 1 saturated heterocycles. The van der Waals surface area contributed by atoms with Crippen molar-refractivity contribution in [2.24, 2.45) is 0 Å². The van der Waals surface area contributed by atoms with Gasteiger partial charge in [-0.05, 0) is 32.4 Å². The van der Waals surface area contributed by atoms with Crippen LogP contribution in [0.15, 0.2) is 18.2 Å². The fraction of sp³-hybridized carbons (Fsp3) is 0.500. The number of benzene rings is 1. The standard InChI is InChI=1S/C14H20N2O3/c1-9(2)19-13-5-4-10(18-3)8-12(13)16-11-6-7-15-14(11)17/h4-5,8-9,11,16H,6-7H2,1-3H3,(H,15,17). The third-order valence-corrected chi connectivity index (χ3v) is 2.93. The number of nitrogens with one attached hydrogen (secondary N) is 2. The predicted octanol–water partition coefficient (Wildman–Crippen LogP) is 1.78. The van der Waals surface area contributed by atoms with Gasteiger partial charge >= 0.3 is 0 Å². The SMILES string of the molecule is COc1ccc(OC(C)C)c(NC2CCNC2=O)c1. The Morgan fingerprint density at radius 1 is 1.42 bits per heavy atom. The highest BCUT2D eigenvalue weighted by molar-refractivity contribution is 5.87. The molecule has 0 bridgehead atoms. The van der Waals surface area contributed by atoms with Crippen LogP contribution >= 0.6 is 0 Å². The molecule has 0 aromatic heterocycles. The van der Waals surface area contributed by atoms with Gasteiger partial charge in [-0.25, -0.2) is 0 Å². The molecule has 1 unspecified atom stereocenters. The first-order chi connectivity index (χ1) is 9.10. The number of anilines is 1. The highest BCUT2D eigenvalue weighted by atomic mass is 16.5. The van der Waals surface area contributed by atoms with Gasteiger partial charge in [0.2, 0.25) is 5.91 Å². The number of hydrogen-bond donors (Lipinski definition) is 2. The molecule has 0 saturated carbocycles. The molecule has 1 aliphatic rings. The first kappa shape index (κ1) is 13.5. The van der Waals surface area contributed by atoms with E-state index in [0.29, 0.717) is 6.54 Å². The summed E-state index contributed by atoms with van der Waals surface area (Å²) in [4.78, 5) is 11.6. The highest BCUT2D eigenvalue weighted by Gasteiger charge is 2.25. The summed E-state index contributed by atoms with van der Waals surface area (Å²) in [6, 6.07) is 5.34. The van der Waals surface area contributed by atoms with Crippen LogP contribution in [0.5, 0.6) is 11.5 Å². The van der Waals surface area contributed by atoms with E-state index in [0.717, 1.165) is 23.6 Å². The molecular weight excluding hydrogens is 244 g/mol. The highest BCUT2D eigenvalue weighted by Crippen LogP contribution is 2.31. The summed E-state index contributed by atoms with van der Waals surface area (Å²) >= 11 is 0. The Labute approximate surface area is 113 Å². The van der Waals surface area contributed by atoms with Crippen LogP contribution in [-0.4, -0.2) is 31.7 Å². The van der Waals surface area contributed by atoms with Crippen molar-refractivity contribution in [2.75, 3.05) is 19.0 Å². The summed E-state index contributed by atoms with van der Waals surface area (Å²) < 4.78 is 11.0. The molecule has 1 amide bonds. The van der Waals surface area contributed by atoms with Crippen molar-refractivity contribution in [3.05, 3.63) is 18.2 Å². The molecule has 104 valence electrons. The second-order valence-electron chi connectivity index (χ2n) is 4.81. The second-order valence-corrected chi connectivity index (χ2v) is 4.81. The minimum Gasteiger partial charge on any atom is -0.497 e. The van der Waals surface area contributed by atoms with Gasteiger partial charge in [0.25, 0.3) is 0 Å². The molecule has 1 fully saturated rings. The van der Waals surface area contributed by atoms with Crippen LogP contribution in [0.1, 0.15) is 20.3 Å². The van der Waals surface area contributed by atoms with Crippen LogP contribution in [0, 0.1) is 0 Å². The fourth-order valence-corrected chi connectivity index (χ4v) is 2.02. The van der Waals surface area contributed by atoms with Crippen molar-refractivity contribution in [3.63, 3.8) is 0 Å². The number of rotatable bonds is 5. The maximum atomic E-state index is 11.6. The van der Waals surface area contributed by atoms with Crippen LogP contribution < -0.4 is 20.1 Å². The topological polar surface area (TPSA) is 59.6 Å². The van der Waals surface area contributed by atoms with E-state index in [1.54, 1.807) is 7.11 Å². The first-order valence-electron chi connectivity index (χ1n) is 6.49. The lowest BCUT2D eigenvalue weighted by atomic mass is 10.2. The molecule has 1 aliphatic heterocycles. The summed E-state index contributed by atoms with van der Waals surface area (Å²) in [5.74, 6) is 1.49. The Kier molecular flexibility index (Phi) is 4.14. The van der Waals surface area contributed by atoms with Crippen molar-refractivity contribution in [1.29, 1.82) is 0 Å². The van der Waals surface area contributed by atoms with E-state index in [-0.39, 0.29) is 18.1 Å². The molecule has 5 heteroatoms. The normalized spacial score (nSPS) is 18.3. The molecule has 1 aromatic rings. The monoisotopic (exact) mass is 264 g/mol. The van der Waals surface area contributed by atoms with Gasteiger partial charge in [-0.2, -0.15) is 0 Å². The Balaban J connectivity index is 2.21. The fourth-order valence-electron chi connectivity index (χ4n) is 2.02. The molecule has 19 heavy (non-hydrogen) atoms. The van der Waals surface area contributed by atoms with Crippen molar-refractivity contribution >= 4 is 11.6 Å². The molecule has 5 nitrogen and oxygen atoms in total. The molecule has 2 N–H and O–H groups in total. The molecule has 0 spiro atoms. The van der Waals surface area contributed by atoms with Gasteiger partial charge in [0, 0.05) is 12.6 Å². The van der Waals surface area contributed by atoms with Gasteiger partial charge in [0.15, 0.2) is 0 Å². The van der Waals surface area contributed by atoms with E-state index in [2.05, 4.69) is 10.6 Å². The first-order valence-corrected chi connectivity index (χ1v) is 6.49. The number of carbonyl (C=O) groups excluding carboxylic acids is 1. The van der Waals surface area contributed by atoms with E-state index >= 15 is 0 Å². The van der Waals surface area contributed by atoms with E-state index in [9.17, 15) is 4.79 Å². The smallest absolute Gasteiger partial charge is 0.242 e. The van der Waals surface area contributed by atoms with Gasteiger partial charge in [-0.15, -0.1) is 0 Å². The maximum Gasteiger partial charge on any atom is 0.242 e. The minimum absolute atomic E-state index is 0.0262. The third-order valence-electron chi connectivity index (χ3n) is 2.93. The van der Waals surface area contributed by atoms with Gasteiger partial charge in [0.1, 0.15) is 17.5 Å². The summed E-state index contributed by atoms with van der Waals surface area (Å²) in [6.45, 7) is 4.65. The second kappa shape index (κ2) is 5.82. The Morgan fingerprint density at radius 2 is 2.21 bits per heavy atom. The van der Waals surface area contributed by atoms with Crippen molar-refractivity contribution < 1.29 is 14.3 Å². The quantitative estimate of drug-likeness (QED) is 0.851. The zero-order valence-electron chi connectivity index (χ0n) is 11.5. The molecule has 1 heterocycles. The van der Waals surface area contributed by atoms with Gasteiger partial charge in [0.05, 0.1) is 18.9 Å². The van der Waals surface area contributed by atoms with E-state index in [1.165, 1.54) is 0 Å². The van der Waals surface area contributed by atoms with Crippen LogP contribution in [0.4, 0.5) is 5.69 Å². The molecule has 1 atom stereocenters. The third kappa shape index (κ3) is 3.30. The van der Waals surface area contributed by atoms with Crippen molar-refractivity contribution in [1.82, 2.24) is 5.32 Å². The molecular formula is C14H20N2O3. The van der Waals surface area contributed by atoms with Crippen molar-refractivity contribution in [2.45, 2.75) is 32.4 Å². The number of hydrogen-bond acceptors (Lipinski definition) is 4. The summed E-state index contributed by atoms with van der Waals surface area (Å²) in [5.41, 5.74) is 0.787. The van der Waals surface area contributed by atoms with Gasteiger partial charge in [-0.3, -0.25) is 4.79 Å². The van der Waals surface area contributed by atoms with E-state index in [4.69, 9.17) is 9.47 Å². The molecule has 2 rings (SSSR count). The number of amides is 1. The van der Waals surface area contributed by atoms with E-state index in [1.807, 2.05) is 32.0 Å². The van der Waals surface area contributed by atoms with Crippen LogP contribution in [0.2, 0.25) is 0 Å². The van der Waals surface area contributed by atoms with E-state index < -0.39 is 0 Å². The lowest BCUT2D eigenvalue weighted by molar-refractivity contribution is -0.119. The lowest BCUT2D eigenvalue weighted by Crippen LogP contribution is -2.29. The zero-order chi connectivity index (χ0) is 13.8. The molecule has 0 radical (unpaired) electrons. The summed E-state index contributed by atoms with van der Waals surface area (Å²) in [7, 11) is 1.62. The average Bonchev–Trinajstić information content (AvgIpc) is 2.76. The van der Waals surface area contributed by atoms with Crippen LogP contribution in [-0.2, 0) is 4.79 Å². The zero-order valence-corrected chi connectivity index (χ0v) is 11.5. The number of methoxy groups -OCH3 is 1. The van der Waals surface area contributed by atoms with Crippen LogP contribution in [0.3, 0.4) is 0 Å². The number of ether oxygens (including phenoxy) is 2. The maximum absolute atomic E-state index is 11.6. The minimum atomic E-state index is -0.207.